The Bertz CT molecular complexity index is 784. The summed E-state index contributed by atoms with van der Waals surface area (Å²) in [5.74, 6) is -0.941. The minimum atomic E-state index is -1.17. The molecule has 1 fully saturated rings. The van der Waals surface area contributed by atoms with Crippen LogP contribution in [0.5, 0.6) is 0 Å². The molecule has 0 spiro atoms. The Morgan fingerprint density at radius 2 is 2.13 bits per heavy atom. The Balaban J connectivity index is 1.88. The molecule has 0 saturated carbocycles. The molecule has 1 aliphatic heterocycles. The van der Waals surface area contributed by atoms with Crippen LogP contribution in [0.3, 0.4) is 0 Å². The highest BCUT2D eigenvalue weighted by atomic mass is 35.5. The van der Waals surface area contributed by atoms with Gasteiger partial charge in [0.2, 0.25) is 0 Å². The molecular formula is C16H13ClFN3O2. The van der Waals surface area contributed by atoms with E-state index in [4.69, 9.17) is 11.6 Å². The van der Waals surface area contributed by atoms with Crippen molar-refractivity contribution in [3.05, 3.63) is 64.7 Å². The Morgan fingerprint density at radius 3 is 2.78 bits per heavy atom. The second kappa shape index (κ2) is 5.62. The number of carbonyl (C=O) groups is 2. The molecule has 7 heteroatoms. The molecule has 0 unspecified atom stereocenters. The fraction of sp³-hybridized carbons (Fsp3) is 0.188. The minimum Gasteiger partial charge on any atom is -0.319 e. The van der Waals surface area contributed by atoms with Gasteiger partial charge in [0.25, 0.3) is 5.91 Å². The summed E-state index contributed by atoms with van der Waals surface area (Å²) in [7, 11) is 0. The van der Waals surface area contributed by atoms with E-state index in [9.17, 15) is 14.0 Å². The molecule has 3 amide bonds. The Hall–Kier alpha value is -2.47. The van der Waals surface area contributed by atoms with Crippen molar-refractivity contribution in [2.45, 2.75) is 19.0 Å². The zero-order chi connectivity index (χ0) is 16.6. The van der Waals surface area contributed by atoms with Crippen molar-refractivity contribution in [3.8, 4) is 0 Å². The number of hydrogen-bond acceptors (Lipinski definition) is 3. The predicted octanol–water partition coefficient (Wildman–Crippen LogP) is 2.84. The number of carbonyl (C=O) groups excluding carboxylic acids is 2. The lowest BCUT2D eigenvalue weighted by atomic mass is 9.93. The Labute approximate surface area is 137 Å². The number of halogens is 2. The standard InChI is InChI=1S/C16H13ClFN3O2/c1-16(11-3-2-6-19-8-11)14(22)21(15(23)20-16)9-10-4-5-13(18)12(17)7-10/h2-8H,9H2,1H3,(H,20,23)/t16-/m0/s1. The quantitative estimate of drug-likeness (QED) is 0.879. The van der Waals surface area contributed by atoms with Gasteiger partial charge in [-0.15, -0.1) is 0 Å². The van der Waals surface area contributed by atoms with E-state index in [0.29, 0.717) is 11.1 Å². The summed E-state index contributed by atoms with van der Waals surface area (Å²) in [5.41, 5.74) is -0.0110. The van der Waals surface area contributed by atoms with E-state index in [0.717, 1.165) is 4.90 Å². The maximum absolute atomic E-state index is 13.2. The summed E-state index contributed by atoms with van der Waals surface area (Å²) in [6, 6.07) is 7.00. The molecule has 0 aliphatic carbocycles. The third-order valence-electron chi connectivity index (χ3n) is 3.84. The van der Waals surface area contributed by atoms with Crippen LogP contribution in [0.2, 0.25) is 5.02 Å². The van der Waals surface area contributed by atoms with Crippen molar-refractivity contribution in [2.24, 2.45) is 0 Å². The number of benzene rings is 1. The number of pyridine rings is 1. The number of amides is 3. The van der Waals surface area contributed by atoms with Gasteiger partial charge >= 0.3 is 6.03 Å². The minimum absolute atomic E-state index is 0.0144. The largest absolute Gasteiger partial charge is 0.325 e. The second-order valence-electron chi connectivity index (χ2n) is 5.44. The molecule has 1 saturated heterocycles. The lowest BCUT2D eigenvalue weighted by molar-refractivity contribution is -0.131. The van der Waals surface area contributed by atoms with Crippen LogP contribution in [-0.4, -0.2) is 21.8 Å². The molecule has 118 valence electrons. The van der Waals surface area contributed by atoms with Gasteiger partial charge in [0.15, 0.2) is 0 Å². The van der Waals surface area contributed by atoms with Crippen LogP contribution in [0, 0.1) is 5.82 Å². The summed E-state index contributed by atoms with van der Waals surface area (Å²) in [4.78, 5) is 30.0. The lowest BCUT2D eigenvalue weighted by Crippen LogP contribution is -2.40. The summed E-state index contributed by atoms with van der Waals surface area (Å²) in [6.45, 7) is 1.64. The van der Waals surface area contributed by atoms with E-state index in [1.807, 2.05) is 0 Å². The van der Waals surface area contributed by atoms with Gasteiger partial charge in [-0.1, -0.05) is 23.7 Å². The average molecular weight is 334 g/mol. The van der Waals surface area contributed by atoms with Crippen molar-refractivity contribution >= 4 is 23.5 Å². The summed E-state index contributed by atoms with van der Waals surface area (Å²) >= 11 is 5.74. The molecule has 23 heavy (non-hydrogen) atoms. The zero-order valence-corrected chi connectivity index (χ0v) is 13.0. The second-order valence-corrected chi connectivity index (χ2v) is 5.84. The molecule has 2 heterocycles. The van der Waals surface area contributed by atoms with E-state index in [-0.39, 0.29) is 11.6 Å². The highest BCUT2D eigenvalue weighted by Gasteiger charge is 2.49. The van der Waals surface area contributed by atoms with Crippen molar-refractivity contribution in [1.82, 2.24) is 15.2 Å². The number of nitrogens with one attached hydrogen (secondary N) is 1. The lowest BCUT2D eigenvalue weighted by Gasteiger charge is -2.21. The van der Waals surface area contributed by atoms with Gasteiger partial charge in [0, 0.05) is 18.0 Å². The van der Waals surface area contributed by atoms with Crippen molar-refractivity contribution in [2.75, 3.05) is 0 Å². The van der Waals surface area contributed by atoms with Crippen LogP contribution in [0.4, 0.5) is 9.18 Å². The SMILES string of the molecule is C[C@@]1(c2cccnc2)NC(=O)N(Cc2ccc(F)c(Cl)c2)C1=O. The first-order valence-electron chi connectivity index (χ1n) is 6.90. The van der Waals surface area contributed by atoms with E-state index < -0.39 is 23.3 Å². The number of nitrogens with zero attached hydrogens (tertiary/aromatic N) is 2. The van der Waals surface area contributed by atoms with Crippen LogP contribution < -0.4 is 5.32 Å². The first-order valence-corrected chi connectivity index (χ1v) is 7.28. The van der Waals surface area contributed by atoms with Crippen molar-refractivity contribution < 1.29 is 14.0 Å². The summed E-state index contributed by atoms with van der Waals surface area (Å²) < 4.78 is 13.2. The first kappa shape index (κ1) is 15.4. The number of hydrogen-bond donors (Lipinski definition) is 1. The molecule has 1 N–H and O–H groups in total. The number of rotatable bonds is 3. The molecule has 0 radical (unpaired) electrons. The van der Waals surface area contributed by atoms with Crippen LogP contribution >= 0.6 is 11.6 Å². The third-order valence-corrected chi connectivity index (χ3v) is 4.13. The van der Waals surface area contributed by atoms with Gasteiger partial charge in [-0.3, -0.25) is 14.7 Å². The van der Waals surface area contributed by atoms with E-state index in [1.165, 1.54) is 24.4 Å². The van der Waals surface area contributed by atoms with E-state index in [2.05, 4.69) is 10.3 Å². The molecule has 0 bridgehead atoms. The highest BCUT2D eigenvalue weighted by molar-refractivity contribution is 6.30. The molecule has 3 rings (SSSR count). The maximum Gasteiger partial charge on any atom is 0.325 e. The van der Waals surface area contributed by atoms with Gasteiger partial charge < -0.3 is 5.32 Å². The molecule has 2 aromatic rings. The first-order chi connectivity index (χ1) is 10.9. The van der Waals surface area contributed by atoms with Gasteiger partial charge in [-0.25, -0.2) is 9.18 Å². The Morgan fingerprint density at radius 1 is 1.35 bits per heavy atom. The summed E-state index contributed by atoms with van der Waals surface area (Å²) in [5, 5.41) is 2.63. The van der Waals surface area contributed by atoms with Gasteiger partial charge in [0.05, 0.1) is 11.6 Å². The predicted molar refractivity (Wildman–Crippen MR) is 82.1 cm³/mol. The van der Waals surface area contributed by atoms with Crippen molar-refractivity contribution in [3.63, 3.8) is 0 Å². The number of aromatic nitrogens is 1. The van der Waals surface area contributed by atoms with E-state index in [1.54, 1.807) is 25.3 Å². The molecular weight excluding hydrogens is 321 g/mol. The van der Waals surface area contributed by atoms with Crippen molar-refractivity contribution in [1.29, 1.82) is 0 Å². The monoisotopic (exact) mass is 333 g/mol. The summed E-state index contributed by atoms with van der Waals surface area (Å²) in [6.07, 6.45) is 3.13. The normalized spacial score (nSPS) is 20.7. The third kappa shape index (κ3) is 2.66. The van der Waals surface area contributed by atoms with Crippen LogP contribution in [0.25, 0.3) is 0 Å². The maximum atomic E-state index is 13.2. The van der Waals surface area contributed by atoms with Crippen LogP contribution in [-0.2, 0) is 16.9 Å². The van der Waals surface area contributed by atoms with Gasteiger partial charge in [-0.05, 0) is 30.7 Å². The van der Waals surface area contributed by atoms with Gasteiger partial charge in [0.1, 0.15) is 11.4 Å². The zero-order valence-electron chi connectivity index (χ0n) is 12.2. The fourth-order valence-corrected chi connectivity index (χ4v) is 2.72. The van der Waals surface area contributed by atoms with Crippen LogP contribution in [0.15, 0.2) is 42.7 Å². The molecule has 1 atom stereocenters. The fourth-order valence-electron chi connectivity index (χ4n) is 2.52. The Kier molecular flexibility index (Phi) is 3.77. The van der Waals surface area contributed by atoms with Crippen LogP contribution in [0.1, 0.15) is 18.1 Å². The topological polar surface area (TPSA) is 62.3 Å². The molecule has 1 aromatic heterocycles. The molecule has 5 nitrogen and oxygen atoms in total. The average Bonchev–Trinajstić information content (AvgIpc) is 2.76. The highest BCUT2D eigenvalue weighted by Crippen LogP contribution is 2.29. The number of urea groups is 1. The molecule has 1 aromatic carbocycles. The smallest absolute Gasteiger partial charge is 0.319 e. The van der Waals surface area contributed by atoms with Gasteiger partial charge in [-0.2, -0.15) is 0 Å². The number of imide groups is 1. The molecule has 1 aliphatic rings. The van der Waals surface area contributed by atoms with E-state index >= 15 is 0 Å².